The van der Waals surface area contributed by atoms with Crippen LogP contribution in [0.15, 0.2) is 42.5 Å². The number of carbonyl (C=O) groups excluding carboxylic acids is 1. The summed E-state index contributed by atoms with van der Waals surface area (Å²) in [6.07, 6.45) is 0. The van der Waals surface area contributed by atoms with Crippen LogP contribution in [0.25, 0.3) is 0 Å². The van der Waals surface area contributed by atoms with Crippen molar-refractivity contribution in [1.29, 1.82) is 0 Å². The van der Waals surface area contributed by atoms with Crippen molar-refractivity contribution in [3.8, 4) is 0 Å². The van der Waals surface area contributed by atoms with Crippen LogP contribution in [-0.2, 0) is 4.79 Å². The molecule has 0 atom stereocenters. The second-order valence-corrected chi connectivity index (χ2v) is 9.18. The number of carbonyl (C=O) groups is 1. The second kappa shape index (κ2) is 5.27. The third kappa shape index (κ3) is 2.48. The molecule has 0 radical (unpaired) electrons. The van der Waals surface area contributed by atoms with Crippen LogP contribution in [0.2, 0.25) is 0 Å². The molecule has 0 aliphatic carbocycles. The van der Waals surface area contributed by atoms with Gasteiger partial charge in [0.1, 0.15) is 0 Å². The van der Waals surface area contributed by atoms with Gasteiger partial charge in [-0.1, -0.05) is 0 Å². The summed E-state index contributed by atoms with van der Waals surface area (Å²) in [5, 5.41) is 2.44. The molecule has 2 rings (SSSR count). The molecule has 0 heterocycles. The Morgan fingerprint density at radius 2 is 1.47 bits per heavy atom. The number of aryl methyl sites for hydroxylation is 3. The van der Waals surface area contributed by atoms with Crippen LogP contribution in [0, 0.1) is 20.8 Å². The van der Waals surface area contributed by atoms with Gasteiger partial charge in [0.15, 0.2) is 0 Å². The predicted molar refractivity (Wildman–Crippen MR) is 87.4 cm³/mol. The molecule has 19 heavy (non-hydrogen) atoms. The number of hydrogen-bond acceptors (Lipinski definition) is 1. The molecule has 100 valence electrons. The van der Waals surface area contributed by atoms with Gasteiger partial charge in [-0.25, -0.2) is 0 Å². The molecule has 0 aliphatic heterocycles. The second-order valence-electron chi connectivity index (χ2n) is 5.46. The Morgan fingerprint density at radius 3 is 1.95 bits per heavy atom. The van der Waals surface area contributed by atoms with Gasteiger partial charge in [-0.3, -0.25) is 0 Å². The third-order valence-corrected chi connectivity index (χ3v) is 7.64. The quantitative estimate of drug-likeness (QED) is 0.619. The molecular formula is C17H21OP. The monoisotopic (exact) mass is 272 g/mol. The summed E-state index contributed by atoms with van der Waals surface area (Å²) in [7, 11) is -2.27. The molecule has 0 N–H and O–H groups in total. The maximum absolute atomic E-state index is 11.9. The fourth-order valence-electron chi connectivity index (χ4n) is 3.05. The topological polar surface area (TPSA) is 17.1 Å². The third-order valence-electron chi connectivity index (χ3n) is 3.81. The summed E-state index contributed by atoms with van der Waals surface area (Å²) in [5.74, 6) is 0. The maximum atomic E-state index is 11.9. The first-order valence-electron chi connectivity index (χ1n) is 6.59. The van der Waals surface area contributed by atoms with Crippen molar-refractivity contribution in [3.05, 3.63) is 59.2 Å². The standard InChI is InChI=1S/C17H21OP/c1-13-10-14(2)17(15(3)11-13)19(4,12-18)16-8-6-5-7-9-16/h5-12,19H,1-4H3. The van der Waals surface area contributed by atoms with Crippen LogP contribution in [-0.4, -0.2) is 12.7 Å². The van der Waals surface area contributed by atoms with Crippen LogP contribution in [0.1, 0.15) is 16.7 Å². The Morgan fingerprint density at radius 1 is 0.947 bits per heavy atom. The van der Waals surface area contributed by atoms with E-state index in [4.69, 9.17) is 0 Å². The van der Waals surface area contributed by atoms with Crippen molar-refractivity contribution in [2.45, 2.75) is 20.8 Å². The fourth-order valence-corrected chi connectivity index (χ4v) is 6.27. The summed E-state index contributed by atoms with van der Waals surface area (Å²) in [5.41, 5.74) is 3.74. The summed E-state index contributed by atoms with van der Waals surface area (Å²) in [6, 6.07) is 15.8. The van der Waals surface area contributed by atoms with E-state index in [1.54, 1.807) is 0 Å². The van der Waals surface area contributed by atoms with E-state index in [-0.39, 0.29) is 0 Å². The van der Waals surface area contributed by atoms with Gasteiger partial charge in [0.25, 0.3) is 0 Å². The number of rotatable bonds is 3. The van der Waals surface area contributed by atoms with Gasteiger partial charge in [0.2, 0.25) is 0 Å². The van der Waals surface area contributed by atoms with E-state index in [9.17, 15) is 4.79 Å². The molecule has 0 aromatic heterocycles. The van der Waals surface area contributed by atoms with E-state index >= 15 is 0 Å². The van der Waals surface area contributed by atoms with Crippen molar-refractivity contribution in [3.63, 3.8) is 0 Å². The zero-order valence-corrected chi connectivity index (χ0v) is 13.0. The van der Waals surface area contributed by atoms with Crippen molar-refractivity contribution in [2.75, 3.05) is 6.66 Å². The molecule has 0 bridgehead atoms. The van der Waals surface area contributed by atoms with E-state index in [1.165, 1.54) is 33.3 Å². The summed E-state index contributed by atoms with van der Waals surface area (Å²) < 4.78 is 0. The Balaban J connectivity index is 2.70. The Labute approximate surface area is 116 Å². The normalized spacial score (nSPS) is 12.2. The minimum absolute atomic E-state index is 1.18. The van der Waals surface area contributed by atoms with Gasteiger partial charge in [-0.15, -0.1) is 0 Å². The molecule has 0 aliphatic rings. The van der Waals surface area contributed by atoms with Gasteiger partial charge < -0.3 is 0 Å². The molecule has 0 fully saturated rings. The Kier molecular flexibility index (Phi) is 3.87. The van der Waals surface area contributed by atoms with Crippen LogP contribution < -0.4 is 10.6 Å². The van der Waals surface area contributed by atoms with Crippen LogP contribution in [0.4, 0.5) is 0 Å². The average molecular weight is 272 g/mol. The SMILES string of the molecule is Cc1cc(C)c([PH](C)(C=O)c2ccccc2)c(C)c1. The van der Waals surface area contributed by atoms with E-state index in [0.29, 0.717) is 0 Å². The van der Waals surface area contributed by atoms with Crippen molar-refractivity contribution in [2.24, 2.45) is 0 Å². The average Bonchev–Trinajstić information content (AvgIpc) is 2.38. The van der Waals surface area contributed by atoms with E-state index in [0.717, 1.165) is 0 Å². The van der Waals surface area contributed by atoms with Crippen molar-refractivity contribution >= 4 is 23.9 Å². The molecule has 0 amide bonds. The van der Waals surface area contributed by atoms with Crippen molar-refractivity contribution < 1.29 is 4.79 Å². The van der Waals surface area contributed by atoms with Gasteiger partial charge >= 0.3 is 115 Å². The summed E-state index contributed by atoms with van der Waals surface area (Å²) in [4.78, 5) is 11.9. The van der Waals surface area contributed by atoms with Gasteiger partial charge in [0.05, 0.1) is 0 Å². The predicted octanol–water partition coefficient (Wildman–Crippen LogP) is 3.13. The van der Waals surface area contributed by atoms with Gasteiger partial charge in [0, 0.05) is 0 Å². The van der Waals surface area contributed by atoms with Gasteiger partial charge in [-0.2, -0.15) is 0 Å². The molecule has 0 saturated heterocycles. The Hall–Kier alpha value is -1.46. The van der Waals surface area contributed by atoms with E-state index < -0.39 is 7.26 Å². The molecule has 2 aromatic rings. The minimum atomic E-state index is -2.27. The van der Waals surface area contributed by atoms with Crippen LogP contribution in [0.3, 0.4) is 0 Å². The molecule has 0 saturated carbocycles. The first-order valence-corrected chi connectivity index (χ1v) is 9.17. The van der Waals surface area contributed by atoms with Crippen LogP contribution >= 0.6 is 7.26 Å². The zero-order valence-electron chi connectivity index (χ0n) is 12.0. The molecule has 0 unspecified atom stereocenters. The van der Waals surface area contributed by atoms with Crippen molar-refractivity contribution in [1.82, 2.24) is 0 Å². The van der Waals surface area contributed by atoms with Gasteiger partial charge in [-0.05, 0) is 0 Å². The molecule has 0 spiro atoms. The molecule has 1 nitrogen and oxygen atoms in total. The van der Waals surface area contributed by atoms with E-state index in [2.05, 4.69) is 51.7 Å². The molecule has 2 aromatic carbocycles. The summed E-state index contributed by atoms with van der Waals surface area (Å²) in [6.45, 7) is 8.48. The summed E-state index contributed by atoms with van der Waals surface area (Å²) >= 11 is 0. The molecule has 2 heteroatoms. The zero-order chi connectivity index (χ0) is 14.0. The first-order chi connectivity index (χ1) is 8.99. The molecular weight excluding hydrogens is 251 g/mol. The first kappa shape index (κ1) is 14.0. The fraction of sp³-hybridized carbons (Fsp3) is 0.235. The number of hydrogen-bond donors (Lipinski definition) is 0. The van der Waals surface area contributed by atoms with Crippen LogP contribution in [0.5, 0.6) is 0 Å². The number of benzene rings is 2. The van der Waals surface area contributed by atoms with E-state index in [1.807, 2.05) is 18.2 Å². The Bertz CT molecular complexity index is 581.